The van der Waals surface area contributed by atoms with Gasteiger partial charge in [0, 0.05) is 37.8 Å². The van der Waals surface area contributed by atoms with Crippen LogP contribution in [0.1, 0.15) is 32.4 Å². The van der Waals surface area contributed by atoms with Crippen molar-refractivity contribution in [1.29, 1.82) is 0 Å². The fourth-order valence-electron chi connectivity index (χ4n) is 3.39. The van der Waals surface area contributed by atoms with Crippen LogP contribution in [-0.2, 0) is 4.79 Å². The normalized spacial score (nSPS) is 18.8. The lowest BCUT2D eigenvalue weighted by atomic mass is 9.99. The van der Waals surface area contributed by atoms with Gasteiger partial charge in [-0.3, -0.25) is 9.69 Å². The first-order valence-corrected chi connectivity index (χ1v) is 8.50. The van der Waals surface area contributed by atoms with Crippen LogP contribution in [0.25, 0.3) is 5.57 Å². The molecule has 128 valence electrons. The van der Waals surface area contributed by atoms with Gasteiger partial charge >= 0.3 is 0 Å². The van der Waals surface area contributed by atoms with Gasteiger partial charge in [0.25, 0.3) is 0 Å². The van der Waals surface area contributed by atoms with Crippen LogP contribution in [0, 0.1) is 0 Å². The van der Waals surface area contributed by atoms with Crippen molar-refractivity contribution < 1.29 is 4.79 Å². The van der Waals surface area contributed by atoms with Gasteiger partial charge in [0.2, 0.25) is 0 Å². The zero-order valence-corrected chi connectivity index (χ0v) is 14.4. The highest BCUT2D eigenvalue weighted by atomic mass is 16.1. The molecular weight excluding hydrogens is 302 g/mol. The van der Waals surface area contributed by atoms with Gasteiger partial charge in [0.15, 0.2) is 11.6 Å². The molecule has 0 bridgehead atoms. The number of fused-ring (bicyclic) bond motifs is 1. The summed E-state index contributed by atoms with van der Waals surface area (Å²) in [6.07, 6.45) is 5.84. The Morgan fingerprint density at radius 1 is 1.50 bits per heavy atom. The molecule has 6 heteroatoms. The summed E-state index contributed by atoms with van der Waals surface area (Å²) in [5.41, 5.74) is 2.38. The molecule has 6 nitrogen and oxygen atoms in total. The third-order valence-electron chi connectivity index (χ3n) is 4.64. The van der Waals surface area contributed by atoms with E-state index >= 15 is 0 Å². The van der Waals surface area contributed by atoms with Crippen LogP contribution in [0.3, 0.4) is 0 Å². The highest BCUT2D eigenvalue weighted by Crippen LogP contribution is 2.29. The molecule has 0 amide bonds. The minimum absolute atomic E-state index is 0.0411. The molecule has 0 aliphatic carbocycles. The van der Waals surface area contributed by atoms with Gasteiger partial charge in [-0.25, -0.2) is 9.97 Å². The molecule has 3 heterocycles. The number of likely N-dealkylation sites (tertiary alicyclic amines) is 1. The minimum Gasteiger partial charge on any atom is -0.366 e. The third-order valence-corrected chi connectivity index (χ3v) is 4.64. The number of allylic oxidation sites excluding steroid dienone is 1. The largest absolute Gasteiger partial charge is 0.366 e. The fraction of sp³-hybridized carbons (Fsp3) is 0.500. The Balaban J connectivity index is 1.73. The molecule has 1 saturated heterocycles. The molecule has 24 heavy (non-hydrogen) atoms. The molecule has 0 saturated carbocycles. The maximum Gasteiger partial charge on any atom is 0.162 e. The third kappa shape index (κ3) is 3.48. The van der Waals surface area contributed by atoms with Crippen LogP contribution < -0.4 is 10.6 Å². The fourth-order valence-corrected chi connectivity index (χ4v) is 3.39. The first kappa shape index (κ1) is 16.6. The van der Waals surface area contributed by atoms with E-state index in [4.69, 9.17) is 0 Å². The number of nitrogens with one attached hydrogen (secondary N) is 2. The Morgan fingerprint density at radius 3 is 2.92 bits per heavy atom. The van der Waals surface area contributed by atoms with Gasteiger partial charge in [-0.1, -0.05) is 6.08 Å². The van der Waals surface area contributed by atoms with Crippen molar-refractivity contribution in [3.63, 3.8) is 0 Å². The van der Waals surface area contributed by atoms with Crippen LogP contribution in [-0.4, -0.2) is 52.9 Å². The molecule has 0 aromatic carbocycles. The Bertz CT molecular complexity index is 674. The molecule has 1 aromatic rings. The highest BCUT2D eigenvalue weighted by Gasteiger charge is 2.24. The summed E-state index contributed by atoms with van der Waals surface area (Å²) in [6, 6.07) is 0.390. The van der Waals surface area contributed by atoms with Crippen LogP contribution in [0.15, 0.2) is 24.4 Å². The van der Waals surface area contributed by atoms with Crippen molar-refractivity contribution >= 4 is 23.0 Å². The second-order valence-electron chi connectivity index (χ2n) is 6.53. The molecule has 0 atom stereocenters. The molecule has 0 unspecified atom stereocenters. The Hall–Kier alpha value is -2.21. The van der Waals surface area contributed by atoms with Gasteiger partial charge in [-0.2, -0.15) is 0 Å². The SMILES string of the molecule is C=CCN1CCC(Nc2cnc3c(n2)C(C(C)=O)=C(C)CN3)CC1. The number of nitrogens with zero attached hydrogens (tertiary/aromatic N) is 3. The number of anilines is 2. The van der Waals surface area contributed by atoms with E-state index in [1.165, 1.54) is 0 Å². The number of carbonyl (C=O) groups is 1. The predicted octanol–water partition coefficient (Wildman–Crippen LogP) is 2.33. The van der Waals surface area contributed by atoms with Crippen molar-refractivity contribution in [2.24, 2.45) is 0 Å². The topological polar surface area (TPSA) is 70.1 Å². The molecule has 2 aliphatic heterocycles. The second-order valence-corrected chi connectivity index (χ2v) is 6.53. The quantitative estimate of drug-likeness (QED) is 0.809. The van der Waals surface area contributed by atoms with Crippen molar-refractivity contribution in [3.05, 3.63) is 30.1 Å². The standard InChI is InChI=1S/C18H25N5O/c1-4-7-23-8-5-14(6-9-23)21-15-11-20-18-17(22-15)16(13(3)24)12(2)10-19-18/h4,11,14H,1,5-10H2,2-3H3,(H,19,20)(H,21,22). The number of ketones is 1. The molecular formula is C18H25N5O. The summed E-state index contributed by atoms with van der Waals surface area (Å²) in [5, 5.41) is 6.70. The number of carbonyl (C=O) groups excluding carboxylic acids is 1. The number of aromatic nitrogens is 2. The van der Waals surface area contributed by atoms with E-state index in [-0.39, 0.29) is 5.78 Å². The van der Waals surface area contributed by atoms with Crippen molar-refractivity contribution in [2.75, 3.05) is 36.8 Å². The maximum atomic E-state index is 12.0. The lowest BCUT2D eigenvalue weighted by Gasteiger charge is -2.32. The number of rotatable bonds is 5. The van der Waals surface area contributed by atoms with Gasteiger partial charge in [0.1, 0.15) is 11.5 Å². The summed E-state index contributed by atoms with van der Waals surface area (Å²) in [6.45, 7) is 11.1. The monoisotopic (exact) mass is 327 g/mol. The maximum absolute atomic E-state index is 12.0. The smallest absolute Gasteiger partial charge is 0.162 e. The van der Waals surface area contributed by atoms with Gasteiger partial charge in [-0.15, -0.1) is 6.58 Å². The number of hydrogen-bond donors (Lipinski definition) is 2. The van der Waals surface area contributed by atoms with Crippen LogP contribution in [0.5, 0.6) is 0 Å². The van der Waals surface area contributed by atoms with Gasteiger partial charge < -0.3 is 10.6 Å². The summed E-state index contributed by atoms with van der Waals surface area (Å²) in [4.78, 5) is 23.5. The van der Waals surface area contributed by atoms with E-state index in [2.05, 4.69) is 32.1 Å². The average Bonchev–Trinajstić information content (AvgIpc) is 2.56. The lowest BCUT2D eigenvalue weighted by molar-refractivity contribution is -0.111. The van der Waals surface area contributed by atoms with E-state index in [0.29, 0.717) is 29.7 Å². The van der Waals surface area contributed by atoms with E-state index in [9.17, 15) is 4.79 Å². The van der Waals surface area contributed by atoms with Crippen molar-refractivity contribution in [3.8, 4) is 0 Å². The second kappa shape index (κ2) is 7.13. The predicted molar refractivity (Wildman–Crippen MR) is 97.1 cm³/mol. The molecule has 2 aliphatic rings. The van der Waals surface area contributed by atoms with Crippen molar-refractivity contribution in [2.45, 2.75) is 32.7 Å². The van der Waals surface area contributed by atoms with Crippen LogP contribution in [0.2, 0.25) is 0 Å². The van der Waals surface area contributed by atoms with E-state index in [1.807, 2.05) is 13.0 Å². The molecule has 0 spiro atoms. The molecule has 2 N–H and O–H groups in total. The summed E-state index contributed by atoms with van der Waals surface area (Å²) < 4.78 is 0. The van der Waals surface area contributed by atoms with E-state index in [1.54, 1.807) is 13.1 Å². The first-order chi connectivity index (χ1) is 11.6. The Morgan fingerprint density at radius 2 is 2.25 bits per heavy atom. The minimum atomic E-state index is 0.0411. The van der Waals surface area contributed by atoms with E-state index in [0.717, 1.165) is 43.9 Å². The molecule has 1 aromatic heterocycles. The summed E-state index contributed by atoms with van der Waals surface area (Å²) in [7, 11) is 0. The molecule has 1 fully saturated rings. The number of hydrogen-bond acceptors (Lipinski definition) is 6. The first-order valence-electron chi connectivity index (χ1n) is 8.50. The van der Waals surface area contributed by atoms with Crippen molar-refractivity contribution in [1.82, 2.24) is 14.9 Å². The number of piperidine rings is 1. The molecule has 3 rings (SSSR count). The Labute approximate surface area is 143 Å². The zero-order valence-electron chi connectivity index (χ0n) is 14.4. The highest BCUT2D eigenvalue weighted by molar-refractivity contribution is 6.21. The summed E-state index contributed by atoms with van der Waals surface area (Å²) in [5.74, 6) is 1.47. The van der Waals surface area contributed by atoms with Crippen LogP contribution in [0.4, 0.5) is 11.6 Å². The van der Waals surface area contributed by atoms with Gasteiger partial charge in [0.05, 0.1) is 6.20 Å². The van der Waals surface area contributed by atoms with Crippen LogP contribution >= 0.6 is 0 Å². The van der Waals surface area contributed by atoms with Gasteiger partial charge in [-0.05, 0) is 32.3 Å². The lowest BCUT2D eigenvalue weighted by Crippen LogP contribution is -2.39. The van der Waals surface area contributed by atoms with E-state index < -0.39 is 0 Å². The zero-order chi connectivity index (χ0) is 17.1. The Kier molecular flexibility index (Phi) is 4.94. The summed E-state index contributed by atoms with van der Waals surface area (Å²) >= 11 is 0. The number of Topliss-reactive ketones (excluding diaryl/α,β-unsaturated/α-hetero) is 1. The average molecular weight is 327 g/mol. The molecule has 0 radical (unpaired) electrons.